The van der Waals surface area contributed by atoms with E-state index in [1.807, 2.05) is 31.3 Å². The average Bonchev–Trinajstić information content (AvgIpc) is 2.48. The molecule has 1 saturated carbocycles. The summed E-state index contributed by atoms with van der Waals surface area (Å²) in [4.78, 5) is 14.5. The van der Waals surface area contributed by atoms with Crippen molar-refractivity contribution >= 4 is 17.4 Å². The van der Waals surface area contributed by atoms with Gasteiger partial charge in [-0.1, -0.05) is 49.1 Å². The SMILES string of the molecule is CC(c1ccccc1Cl)N(C)CC(=O)C1CCCCC1. The summed E-state index contributed by atoms with van der Waals surface area (Å²) >= 11 is 6.24. The normalized spacial score (nSPS) is 18.2. The van der Waals surface area contributed by atoms with Gasteiger partial charge in [0.2, 0.25) is 0 Å². The van der Waals surface area contributed by atoms with E-state index in [-0.39, 0.29) is 12.0 Å². The van der Waals surface area contributed by atoms with E-state index in [4.69, 9.17) is 11.6 Å². The van der Waals surface area contributed by atoms with E-state index in [0.717, 1.165) is 23.4 Å². The third-order valence-corrected chi connectivity index (χ3v) is 4.83. The van der Waals surface area contributed by atoms with Gasteiger partial charge in [-0.25, -0.2) is 0 Å². The smallest absolute Gasteiger partial charge is 0.149 e. The molecule has 2 rings (SSSR count). The maximum Gasteiger partial charge on any atom is 0.149 e. The topological polar surface area (TPSA) is 20.3 Å². The summed E-state index contributed by atoms with van der Waals surface area (Å²) in [6.45, 7) is 2.63. The van der Waals surface area contributed by atoms with Crippen LogP contribution in [0.1, 0.15) is 50.6 Å². The van der Waals surface area contributed by atoms with E-state index in [2.05, 4.69) is 11.8 Å². The summed E-state index contributed by atoms with van der Waals surface area (Å²) in [5.41, 5.74) is 1.09. The molecule has 1 fully saturated rings. The molecule has 1 aromatic rings. The highest BCUT2D eigenvalue weighted by Crippen LogP contribution is 2.28. The lowest BCUT2D eigenvalue weighted by atomic mass is 9.86. The molecule has 0 aromatic heterocycles. The van der Waals surface area contributed by atoms with E-state index in [9.17, 15) is 4.79 Å². The number of carbonyl (C=O) groups excluding carboxylic acids is 1. The maximum atomic E-state index is 12.4. The zero-order chi connectivity index (χ0) is 14.5. The lowest BCUT2D eigenvalue weighted by Crippen LogP contribution is -2.33. The van der Waals surface area contributed by atoms with E-state index in [1.165, 1.54) is 19.3 Å². The molecule has 1 aliphatic rings. The van der Waals surface area contributed by atoms with Gasteiger partial charge in [-0.05, 0) is 38.4 Å². The largest absolute Gasteiger partial charge is 0.298 e. The molecule has 1 aliphatic carbocycles. The minimum atomic E-state index is 0.163. The van der Waals surface area contributed by atoms with Crippen LogP contribution in [-0.4, -0.2) is 24.3 Å². The predicted molar refractivity (Wildman–Crippen MR) is 84.1 cm³/mol. The lowest BCUT2D eigenvalue weighted by molar-refractivity contribution is -0.125. The van der Waals surface area contributed by atoms with Crippen LogP contribution in [0.2, 0.25) is 5.02 Å². The van der Waals surface area contributed by atoms with Crippen molar-refractivity contribution in [3.05, 3.63) is 34.9 Å². The van der Waals surface area contributed by atoms with Crippen molar-refractivity contribution in [2.24, 2.45) is 5.92 Å². The number of ketones is 1. The van der Waals surface area contributed by atoms with Gasteiger partial charge in [0.1, 0.15) is 5.78 Å². The third-order valence-electron chi connectivity index (χ3n) is 4.48. The van der Waals surface area contributed by atoms with Crippen molar-refractivity contribution < 1.29 is 4.79 Å². The van der Waals surface area contributed by atoms with E-state index in [1.54, 1.807) is 0 Å². The molecule has 0 radical (unpaired) electrons. The molecule has 3 heteroatoms. The molecule has 0 N–H and O–H groups in total. The summed E-state index contributed by atoms with van der Waals surface area (Å²) in [6.07, 6.45) is 5.86. The van der Waals surface area contributed by atoms with Crippen LogP contribution in [0, 0.1) is 5.92 Å². The number of hydrogen-bond acceptors (Lipinski definition) is 2. The number of rotatable bonds is 5. The lowest BCUT2D eigenvalue weighted by Gasteiger charge is -2.28. The van der Waals surface area contributed by atoms with Crippen molar-refractivity contribution in [3.8, 4) is 0 Å². The van der Waals surface area contributed by atoms with Crippen molar-refractivity contribution in [2.75, 3.05) is 13.6 Å². The van der Waals surface area contributed by atoms with Crippen LogP contribution in [0.25, 0.3) is 0 Å². The molecule has 2 nitrogen and oxygen atoms in total. The first-order valence-corrected chi connectivity index (χ1v) is 7.94. The van der Waals surface area contributed by atoms with E-state index in [0.29, 0.717) is 12.3 Å². The molecule has 0 spiro atoms. The fraction of sp³-hybridized carbons (Fsp3) is 0.588. The van der Waals surface area contributed by atoms with Crippen LogP contribution in [0.3, 0.4) is 0 Å². The van der Waals surface area contributed by atoms with Crippen molar-refractivity contribution in [1.82, 2.24) is 4.90 Å². The summed E-state index contributed by atoms with van der Waals surface area (Å²) in [7, 11) is 2.01. The predicted octanol–water partition coefficient (Wildman–Crippen LogP) is 4.48. The minimum absolute atomic E-state index is 0.163. The van der Waals surface area contributed by atoms with Crippen LogP contribution >= 0.6 is 11.6 Å². The van der Waals surface area contributed by atoms with Gasteiger partial charge in [0.25, 0.3) is 0 Å². The second kappa shape index (κ2) is 7.24. The zero-order valence-electron chi connectivity index (χ0n) is 12.4. The number of benzene rings is 1. The van der Waals surface area contributed by atoms with Gasteiger partial charge in [0, 0.05) is 17.0 Å². The Labute approximate surface area is 127 Å². The Balaban J connectivity index is 1.95. The fourth-order valence-electron chi connectivity index (χ4n) is 2.99. The summed E-state index contributed by atoms with van der Waals surface area (Å²) in [5, 5.41) is 0.775. The quantitative estimate of drug-likeness (QED) is 0.797. The number of Topliss-reactive ketones (excluding diaryl/α,β-unsaturated/α-hetero) is 1. The molecule has 20 heavy (non-hydrogen) atoms. The molecule has 1 unspecified atom stereocenters. The summed E-state index contributed by atoms with van der Waals surface area (Å²) in [6, 6.07) is 8.04. The van der Waals surface area contributed by atoms with Gasteiger partial charge in [-0.3, -0.25) is 9.69 Å². The van der Waals surface area contributed by atoms with Crippen molar-refractivity contribution in [3.63, 3.8) is 0 Å². The number of likely N-dealkylation sites (N-methyl/N-ethyl adjacent to an activating group) is 1. The van der Waals surface area contributed by atoms with Crippen LogP contribution < -0.4 is 0 Å². The molecule has 1 aromatic carbocycles. The standard InChI is InChI=1S/C17H24ClNO/c1-13(15-10-6-7-11-16(15)18)19(2)12-17(20)14-8-4-3-5-9-14/h6-7,10-11,13-14H,3-5,8-9,12H2,1-2H3. The van der Waals surface area contributed by atoms with Crippen molar-refractivity contribution in [2.45, 2.75) is 45.1 Å². The van der Waals surface area contributed by atoms with Gasteiger partial charge >= 0.3 is 0 Å². The van der Waals surface area contributed by atoms with Crippen LogP contribution in [-0.2, 0) is 4.79 Å². The molecule has 0 bridgehead atoms. The van der Waals surface area contributed by atoms with E-state index >= 15 is 0 Å². The molecule has 110 valence electrons. The highest BCUT2D eigenvalue weighted by atomic mass is 35.5. The summed E-state index contributed by atoms with van der Waals surface area (Å²) in [5.74, 6) is 0.677. The molecule has 0 saturated heterocycles. The second-order valence-electron chi connectivity index (χ2n) is 5.91. The first-order chi connectivity index (χ1) is 9.59. The highest BCUT2D eigenvalue weighted by molar-refractivity contribution is 6.31. The second-order valence-corrected chi connectivity index (χ2v) is 6.32. The Bertz CT molecular complexity index is 454. The molecular formula is C17H24ClNO. The van der Waals surface area contributed by atoms with Gasteiger partial charge < -0.3 is 0 Å². The average molecular weight is 294 g/mol. The Kier molecular flexibility index (Phi) is 5.62. The van der Waals surface area contributed by atoms with Gasteiger partial charge in [0.05, 0.1) is 6.54 Å². The molecule has 0 amide bonds. The highest BCUT2D eigenvalue weighted by Gasteiger charge is 2.24. The fourth-order valence-corrected chi connectivity index (χ4v) is 3.28. The minimum Gasteiger partial charge on any atom is -0.298 e. The molecule has 0 aliphatic heterocycles. The number of carbonyl (C=O) groups is 1. The molecule has 1 atom stereocenters. The Morgan fingerprint density at radius 3 is 2.60 bits per heavy atom. The monoisotopic (exact) mass is 293 g/mol. The number of hydrogen-bond donors (Lipinski definition) is 0. The van der Waals surface area contributed by atoms with Gasteiger partial charge in [0.15, 0.2) is 0 Å². The molecule has 0 heterocycles. The first kappa shape index (κ1) is 15.5. The first-order valence-electron chi connectivity index (χ1n) is 7.57. The van der Waals surface area contributed by atoms with Crippen LogP contribution in [0.4, 0.5) is 0 Å². The Morgan fingerprint density at radius 1 is 1.30 bits per heavy atom. The maximum absolute atomic E-state index is 12.4. The molecular weight excluding hydrogens is 270 g/mol. The Morgan fingerprint density at radius 2 is 1.95 bits per heavy atom. The Hall–Kier alpha value is -0.860. The number of nitrogens with zero attached hydrogens (tertiary/aromatic N) is 1. The van der Waals surface area contributed by atoms with Gasteiger partial charge in [-0.2, -0.15) is 0 Å². The number of halogens is 1. The van der Waals surface area contributed by atoms with Crippen LogP contribution in [0.5, 0.6) is 0 Å². The third kappa shape index (κ3) is 3.83. The zero-order valence-corrected chi connectivity index (χ0v) is 13.2. The van der Waals surface area contributed by atoms with Crippen molar-refractivity contribution in [1.29, 1.82) is 0 Å². The van der Waals surface area contributed by atoms with Gasteiger partial charge in [-0.15, -0.1) is 0 Å². The van der Waals surface area contributed by atoms with Crippen LogP contribution in [0.15, 0.2) is 24.3 Å². The summed E-state index contributed by atoms with van der Waals surface area (Å²) < 4.78 is 0. The van der Waals surface area contributed by atoms with E-state index < -0.39 is 0 Å².